The van der Waals surface area contributed by atoms with E-state index < -0.39 is 5.97 Å². The van der Waals surface area contributed by atoms with Gasteiger partial charge in [-0.05, 0) is 44.0 Å². The van der Waals surface area contributed by atoms with E-state index in [-0.39, 0.29) is 17.2 Å². The number of thioether (sulfide) groups is 1. The molecule has 0 saturated carbocycles. The number of hydrogen-bond donors (Lipinski definition) is 1. The first-order chi connectivity index (χ1) is 16.4. The van der Waals surface area contributed by atoms with Crippen molar-refractivity contribution in [1.29, 1.82) is 0 Å². The number of aryl methyl sites for hydroxylation is 2. The van der Waals surface area contributed by atoms with E-state index >= 15 is 0 Å². The second kappa shape index (κ2) is 10.4. The minimum absolute atomic E-state index is 0.0922. The van der Waals surface area contributed by atoms with E-state index in [9.17, 15) is 14.4 Å². The summed E-state index contributed by atoms with van der Waals surface area (Å²) in [5, 5.41) is 13.1. The number of aromatic nitrogens is 4. The Morgan fingerprint density at radius 2 is 2.00 bits per heavy atom. The third-order valence-corrected chi connectivity index (χ3v) is 7.25. The van der Waals surface area contributed by atoms with Crippen LogP contribution >= 0.6 is 23.1 Å². The molecule has 0 aliphatic rings. The molecule has 1 N–H and O–H groups in total. The van der Waals surface area contributed by atoms with Gasteiger partial charge in [0.05, 0.1) is 28.3 Å². The summed E-state index contributed by atoms with van der Waals surface area (Å²) in [4.78, 5) is 38.2. The summed E-state index contributed by atoms with van der Waals surface area (Å²) in [6, 6.07) is 9.09. The molecule has 0 aliphatic heterocycles. The van der Waals surface area contributed by atoms with Crippen LogP contribution in [-0.2, 0) is 16.1 Å². The molecule has 0 aliphatic carbocycles. The topological polar surface area (TPSA) is 108 Å². The number of amides is 1. The molecule has 34 heavy (non-hydrogen) atoms. The van der Waals surface area contributed by atoms with Crippen LogP contribution in [0, 0.1) is 6.92 Å². The number of benzene rings is 1. The van der Waals surface area contributed by atoms with Crippen LogP contribution in [0.4, 0.5) is 5.00 Å². The van der Waals surface area contributed by atoms with Crippen LogP contribution in [0.15, 0.2) is 40.3 Å². The zero-order chi connectivity index (χ0) is 24.2. The van der Waals surface area contributed by atoms with Gasteiger partial charge in [-0.15, -0.1) is 21.5 Å². The van der Waals surface area contributed by atoms with Crippen LogP contribution in [0.3, 0.4) is 0 Å². The second-order valence-electron chi connectivity index (χ2n) is 7.63. The molecular weight excluding hydrogens is 474 g/mol. The molecule has 0 saturated heterocycles. The lowest BCUT2D eigenvalue weighted by atomic mass is 10.2. The molecule has 0 radical (unpaired) electrons. The van der Waals surface area contributed by atoms with Crippen molar-refractivity contribution in [2.45, 2.75) is 45.3 Å². The molecule has 3 heterocycles. The van der Waals surface area contributed by atoms with Crippen molar-refractivity contribution in [2.75, 3.05) is 17.7 Å². The Balaban J connectivity index is 1.57. The van der Waals surface area contributed by atoms with Crippen LogP contribution in [-0.4, -0.2) is 43.4 Å². The van der Waals surface area contributed by atoms with Crippen molar-refractivity contribution in [1.82, 2.24) is 19.2 Å². The highest BCUT2D eigenvalue weighted by molar-refractivity contribution is 7.99. The van der Waals surface area contributed by atoms with E-state index in [0.29, 0.717) is 44.9 Å². The lowest BCUT2D eigenvalue weighted by Crippen LogP contribution is -2.23. The lowest BCUT2D eigenvalue weighted by molar-refractivity contribution is -0.113. The fourth-order valence-electron chi connectivity index (χ4n) is 3.59. The van der Waals surface area contributed by atoms with E-state index in [4.69, 9.17) is 4.74 Å². The summed E-state index contributed by atoms with van der Waals surface area (Å²) in [6.07, 6.45) is 1.79. The summed E-state index contributed by atoms with van der Waals surface area (Å²) in [5.41, 5.74) is 1.37. The smallest absolute Gasteiger partial charge is 0.348 e. The molecule has 0 fully saturated rings. The number of anilines is 1. The summed E-state index contributed by atoms with van der Waals surface area (Å²) in [6.45, 7) is 6.47. The van der Waals surface area contributed by atoms with Crippen molar-refractivity contribution in [2.24, 2.45) is 0 Å². The fraction of sp³-hybridized carbons (Fsp3) is 0.348. The van der Waals surface area contributed by atoms with Gasteiger partial charge in [-0.3, -0.25) is 18.6 Å². The first kappa shape index (κ1) is 24.0. The highest BCUT2D eigenvalue weighted by atomic mass is 32.2. The summed E-state index contributed by atoms with van der Waals surface area (Å²) in [5.74, 6) is -0.0691. The third-order valence-electron chi connectivity index (χ3n) is 5.19. The maximum Gasteiger partial charge on any atom is 0.348 e. The number of carbonyl (C=O) groups excluding carboxylic acids is 2. The molecule has 1 aromatic carbocycles. The third kappa shape index (κ3) is 4.71. The van der Waals surface area contributed by atoms with Crippen LogP contribution in [0.1, 0.15) is 41.9 Å². The maximum atomic E-state index is 13.0. The zero-order valence-corrected chi connectivity index (χ0v) is 20.8. The summed E-state index contributed by atoms with van der Waals surface area (Å²) >= 11 is 2.43. The molecule has 4 aromatic rings. The van der Waals surface area contributed by atoms with Gasteiger partial charge in [-0.2, -0.15) is 0 Å². The molecule has 0 atom stereocenters. The van der Waals surface area contributed by atoms with Gasteiger partial charge in [0.15, 0.2) is 5.16 Å². The van der Waals surface area contributed by atoms with Crippen LogP contribution in [0.2, 0.25) is 0 Å². The second-order valence-corrected chi connectivity index (χ2v) is 9.62. The SMILES string of the molecule is CCCCn1c(=O)c2ccccc2n2c(SCC(=O)Nc3cc(C)c(C(=O)OCC)s3)nnc12. The number of para-hydroxylation sites is 1. The molecule has 4 rings (SSSR count). The van der Waals surface area contributed by atoms with Crippen molar-refractivity contribution in [3.05, 3.63) is 51.1 Å². The minimum Gasteiger partial charge on any atom is -0.462 e. The van der Waals surface area contributed by atoms with Crippen LogP contribution in [0.25, 0.3) is 16.7 Å². The first-order valence-electron chi connectivity index (χ1n) is 11.0. The van der Waals surface area contributed by atoms with Gasteiger partial charge in [0.1, 0.15) is 4.88 Å². The van der Waals surface area contributed by atoms with Gasteiger partial charge in [0.25, 0.3) is 5.56 Å². The Kier molecular flexibility index (Phi) is 7.32. The predicted octanol–water partition coefficient (Wildman–Crippen LogP) is 4.12. The fourth-order valence-corrected chi connectivity index (χ4v) is 5.31. The maximum absolute atomic E-state index is 13.0. The lowest BCUT2D eigenvalue weighted by Gasteiger charge is -2.10. The Hall–Kier alpha value is -3.18. The number of ether oxygens (including phenoxy) is 1. The molecular formula is C23H25N5O4S2. The molecule has 0 spiro atoms. The summed E-state index contributed by atoms with van der Waals surface area (Å²) in [7, 11) is 0. The molecule has 9 nitrogen and oxygen atoms in total. The van der Waals surface area contributed by atoms with E-state index in [0.717, 1.165) is 18.4 Å². The number of nitrogens with zero attached hydrogens (tertiary/aromatic N) is 4. The molecule has 11 heteroatoms. The molecule has 0 unspecified atom stereocenters. The number of rotatable bonds is 9. The Morgan fingerprint density at radius 1 is 1.21 bits per heavy atom. The Bertz CT molecular complexity index is 1420. The zero-order valence-electron chi connectivity index (χ0n) is 19.2. The van der Waals surface area contributed by atoms with E-state index in [2.05, 4.69) is 22.4 Å². The Morgan fingerprint density at radius 3 is 2.76 bits per heavy atom. The average Bonchev–Trinajstić information content (AvgIpc) is 3.41. The molecule has 1 amide bonds. The number of esters is 1. The first-order valence-corrected chi connectivity index (χ1v) is 12.8. The molecule has 178 valence electrons. The van der Waals surface area contributed by atoms with Crippen molar-refractivity contribution in [3.8, 4) is 0 Å². The standard InChI is InChI=1S/C23H25N5O4S2/c1-4-6-11-27-20(30)15-9-7-8-10-16(15)28-22(27)25-26-23(28)33-13-17(29)24-18-12-14(3)19(34-18)21(31)32-5-2/h7-10,12H,4-6,11,13H2,1-3H3,(H,24,29). The number of unbranched alkanes of at least 4 members (excludes halogenated alkanes) is 1. The van der Waals surface area contributed by atoms with Gasteiger partial charge in [0, 0.05) is 6.54 Å². The van der Waals surface area contributed by atoms with Crippen molar-refractivity contribution < 1.29 is 14.3 Å². The molecule has 0 bridgehead atoms. The van der Waals surface area contributed by atoms with Crippen LogP contribution < -0.4 is 10.9 Å². The quantitative estimate of drug-likeness (QED) is 0.273. The normalized spacial score (nSPS) is 11.3. The number of fused-ring (bicyclic) bond motifs is 3. The van der Waals surface area contributed by atoms with Gasteiger partial charge < -0.3 is 10.1 Å². The van der Waals surface area contributed by atoms with Gasteiger partial charge in [0.2, 0.25) is 11.7 Å². The van der Waals surface area contributed by atoms with E-state index in [1.54, 1.807) is 30.5 Å². The van der Waals surface area contributed by atoms with Crippen molar-refractivity contribution in [3.63, 3.8) is 0 Å². The average molecular weight is 500 g/mol. The van der Waals surface area contributed by atoms with Gasteiger partial charge in [-0.25, -0.2) is 4.79 Å². The number of hydrogen-bond acceptors (Lipinski definition) is 8. The number of nitrogens with one attached hydrogen (secondary N) is 1. The number of carbonyl (C=O) groups is 2. The highest BCUT2D eigenvalue weighted by Gasteiger charge is 2.19. The molecule has 3 aromatic heterocycles. The highest BCUT2D eigenvalue weighted by Crippen LogP contribution is 2.28. The van der Waals surface area contributed by atoms with Gasteiger partial charge >= 0.3 is 5.97 Å². The number of thiophene rings is 1. The monoisotopic (exact) mass is 499 g/mol. The van der Waals surface area contributed by atoms with Gasteiger partial charge in [-0.1, -0.05) is 37.2 Å². The van der Waals surface area contributed by atoms with E-state index in [1.165, 1.54) is 23.1 Å². The minimum atomic E-state index is -0.393. The summed E-state index contributed by atoms with van der Waals surface area (Å²) < 4.78 is 8.53. The predicted molar refractivity (Wildman–Crippen MR) is 134 cm³/mol. The van der Waals surface area contributed by atoms with E-state index in [1.807, 2.05) is 22.6 Å². The Labute approximate surface area is 204 Å². The van der Waals surface area contributed by atoms with Crippen molar-refractivity contribution >= 4 is 56.7 Å². The van der Waals surface area contributed by atoms with Crippen LogP contribution in [0.5, 0.6) is 0 Å². The largest absolute Gasteiger partial charge is 0.462 e.